The highest BCUT2D eigenvalue weighted by Crippen LogP contribution is 2.40. The zero-order chi connectivity index (χ0) is 12.7. The molecule has 0 saturated heterocycles. The van der Waals surface area contributed by atoms with Crippen molar-refractivity contribution in [2.75, 3.05) is 0 Å². The SMILES string of the molecule is CC(C)(C)C(C)(O)c1ccc(F)c(F)c1F. The van der Waals surface area contributed by atoms with Crippen LogP contribution in [-0.2, 0) is 5.60 Å². The molecular weight excluding hydrogens is 217 g/mol. The van der Waals surface area contributed by atoms with Crippen molar-refractivity contribution in [2.45, 2.75) is 33.3 Å². The number of benzene rings is 1. The van der Waals surface area contributed by atoms with E-state index in [1.165, 1.54) is 6.92 Å². The van der Waals surface area contributed by atoms with Crippen molar-refractivity contribution in [1.82, 2.24) is 0 Å². The molecule has 16 heavy (non-hydrogen) atoms. The van der Waals surface area contributed by atoms with E-state index in [0.717, 1.165) is 12.1 Å². The van der Waals surface area contributed by atoms with Crippen LogP contribution in [0.5, 0.6) is 0 Å². The summed E-state index contributed by atoms with van der Waals surface area (Å²) < 4.78 is 39.3. The Balaban J connectivity index is 3.41. The summed E-state index contributed by atoms with van der Waals surface area (Å²) in [5, 5.41) is 10.2. The van der Waals surface area contributed by atoms with E-state index in [-0.39, 0.29) is 5.56 Å². The number of halogens is 3. The van der Waals surface area contributed by atoms with Gasteiger partial charge in [-0.25, -0.2) is 13.2 Å². The maximum absolute atomic E-state index is 13.5. The van der Waals surface area contributed by atoms with Crippen LogP contribution in [0.1, 0.15) is 33.3 Å². The molecule has 0 fully saturated rings. The predicted octanol–water partition coefficient (Wildman–Crippen LogP) is 3.36. The summed E-state index contributed by atoms with van der Waals surface area (Å²) in [5.41, 5.74) is -2.51. The second kappa shape index (κ2) is 3.77. The third kappa shape index (κ3) is 1.94. The second-order valence-electron chi connectivity index (χ2n) is 5.05. The fraction of sp³-hybridized carbons (Fsp3) is 0.500. The molecule has 0 aliphatic heterocycles. The molecule has 0 bridgehead atoms. The van der Waals surface area contributed by atoms with E-state index in [1.54, 1.807) is 20.8 Å². The van der Waals surface area contributed by atoms with Crippen LogP contribution in [0.4, 0.5) is 13.2 Å². The molecule has 0 aromatic heterocycles. The van der Waals surface area contributed by atoms with Crippen LogP contribution in [0, 0.1) is 22.9 Å². The molecule has 4 heteroatoms. The maximum atomic E-state index is 13.5. The lowest BCUT2D eigenvalue weighted by atomic mass is 9.73. The molecule has 0 aliphatic rings. The highest BCUT2D eigenvalue weighted by atomic mass is 19.2. The van der Waals surface area contributed by atoms with Gasteiger partial charge in [0.2, 0.25) is 0 Å². The first-order valence-corrected chi connectivity index (χ1v) is 4.95. The molecule has 0 spiro atoms. The lowest BCUT2D eigenvalue weighted by Crippen LogP contribution is -2.38. The van der Waals surface area contributed by atoms with Crippen molar-refractivity contribution in [1.29, 1.82) is 0 Å². The maximum Gasteiger partial charge on any atom is 0.194 e. The lowest BCUT2D eigenvalue weighted by Gasteiger charge is -2.37. The minimum atomic E-state index is -1.58. The van der Waals surface area contributed by atoms with Crippen LogP contribution in [0.2, 0.25) is 0 Å². The smallest absolute Gasteiger partial charge is 0.194 e. The summed E-state index contributed by atoms with van der Waals surface area (Å²) in [6, 6.07) is 1.88. The van der Waals surface area contributed by atoms with Gasteiger partial charge in [0, 0.05) is 5.56 Å². The zero-order valence-electron chi connectivity index (χ0n) is 9.74. The van der Waals surface area contributed by atoms with Gasteiger partial charge in [-0.05, 0) is 18.4 Å². The average Bonchev–Trinajstić information content (AvgIpc) is 2.12. The molecule has 0 amide bonds. The van der Waals surface area contributed by atoms with Crippen molar-refractivity contribution in [3.05, 3.63) is 35.1 Å². The van der Waals surface area contributed by atoms with Gasteiger partial charge in [-0.2, -0.15) is 0 Å². The number of hydrogen-bond acceptors (Lipinski definition) is 1. The van der Waals surface area contributed by atoms with Gasteiger partial charge in [0.1, 0.15) is 0 Å². The fourth-order valence-corrected chi connectivity index (χ4v) is 1.31. The van der Waals surface area contributed by atoms with Crippen molar-refractivity contribution in [2.24, 2.45) is 5.41 Å². The van der Waals surface area contributed by atoms with Gasteiger partial charge in [-0.15, -0.1) is 0 Å². The minimum absolute atomic E-state index is 0.237. The average molecular weight is 232 g/mol. The summed E-state index contributed by atoms with van der Waals surface area (Å²) in [5.74, 6) is -4.15. The van der Waals surface area contributed by atoms with Gasteiger partial charge >= 0.3 is 0 Å². The highest BCUT2D eigenvalue weighted by molar-refractivity contribution is 5.27. The largest absolute Gasteiger partial charge is 0.385 e. The summed E-state index contributed by atoms with van der Waals surface area (Å²) in [7, 11) is 0. The van der Waals surface area contributed by atoms with E-state index in [9.17, 15) is 18.3 Å². The van der Waals surface area contributed by atoms with E-state index in [4.69, 9.17) is 0 Å². The number of aliphatic hydroxyl groups is 1. The molecule has 1 aromatic rings. The number of hydrogen-bond donors (Lipinski definition) is 1. The molecule has 0 saturated carbocycles. The molecule has 0 aliphatic carbocycles. The van der Waals surface area contributed by atoms with Crippen LogP contribution in [-0.4, -0.2) is 5.11 Å². The monoisotopic (exact) mass is 232 g/mol. The Morgan fingerprint density at radius 3 is 1.88 bits per heavy atom. The Morgan fingerprint density at radius 2 is 1.44 bits per heavy atom. The topological polar surface area (TPSA) is 20.2 Å². The lowest BCUT2D eigenvalue weighted by molar-refractivity contribution is -0.0502. The quantitative estimate of drug-likeness (QED) is 0.736. The van der Waals surface area contributed by atoms with E-state index in [0.29, 0.717) is 0 Å². The van der Waals surface area contributed by atoms with Crippen LogP contribution in [0.25, 0.3) is 0 Å². The molecule has 1 nitrogen and oxygen atoms in total. The molecule has 0 radical (unpaired) electrons. The summed E-state index contributed by atoms with van der Waals surface area (Å²) >= 11 is 0. The molecular formula is C12H15F3O. The Morgan fingerprint density at radius 1 is 0.938 bits per heavy atom. The van der Waals surface area contributed by atoms with Crippen molar-refractivity contribution in [3.63, 3.8) is 0 Å². The zero-order valence-corrected chi connectivity index (χ0v) is 9.74. The Hall–Kier alpha value is -1.03. The number of rotatable bonds is 1. The third-order valence-electron chi connectivity index (χ3n) is 3.02. The molecule has 1 aromatic carbocycles. The normalized spacial score (nSPS) is 16.0. The van der Waals surface area contributed by atoms with Crippen LogP contribution < -0.4 is 0 Å². The van der Waals surface area contributed by atoms with Crippen LogP contribution in [0.3, 0.4) is 0 Å². The van der Waals surface area contributed by atoms with Crippen molar-refractivity contribution >= 4 is 0 Å². The summed E-state index contributed by atoms with van der Waals surface area (Å²) in [4.78, 5) is 0. The molecule has 0 heterocycles. The van der Waals surface area contributed by atoms with E-state index in [1.807, 2.05) is 0 Å². The molecule has 90 valence electrons. The minimum Gasteiger partial charge on any atom is -0.385 e. The Labute approximate surface area is 92.9 Å². The summed E-state index contributed by atoms with van der Waals surface area (Å²) in [6.45, 7) is 6.44. The first-order valence-electron chi connectivity index (χ1n) is 4.95. The first kappa shape index (κ1) is 13.0. The van der Waals surface area contributed by atoms with Gasteiger partial charge in [0.25, 0.3) is 0 Å². The Kier molecular flexibility index (Phi) is 3.07. The van der Waals surface area contributed by atoms with Gasteiger partial charge in [0.15, 0.2) is 17.5 Å². The Bertz CT molecular complexity index is 405. The second-order valence-corrected chi connectivity index (χ2v) is 5.05. The van der Waals surface area contributed by atoms with Gasteiger partial charge in [-0.1, -0.05) is 26.8 Å². The molecule has 1 atom stereocenters. The fourth-order valence-electron chi connectivity index (χ4n) is 1.31. The summed E-state index contributed by atoms with van der Waals surface area (Å²) in [6.07, 6.45) is 0. The standard InChI is InChI=1S/C12H15F3O/c1-11(2,3)12(4,16)7-5-6-8(13)10(15)9(7)14/h5-6,16H,1-4H3. The first-order chi connectivity index (χ1) is 7.09. The van der Waals surface area contributed by atoms with Crippen molar-refractivity contribution < 1.29 is 18.3 Å². The van der Waals surface area contributed by atoms with Crippen LogP contribution in [0.15, 0.2) is 12.1 Å². The molecule has 1 unspecified atom stereocenters. The van der Waals surface area contributed by atoms with E-state index < -0.39 is 28.5 Å². The van der Waals surface area contributed by atoms with Gasteiger partial charge < -0.3 is 5.11 Å². The van der Waals surface area contributed by atoms with E-state index >= 15 is 0 Å². The van der Waals surface area contributed by atoms with Crippen molar-refractivity contribution in [3.8, 4) is 0 Å². The van der Waals surface area contributed by atoms with Crippen LogP contribution >= 0.6 is 0 Å². The molecule has 1 N–H and O–H groups in total. The molecule has 1 rings (SSSR count). The van der Waals surface area contributed by atoms with Gasteiger partial charge in [0.05, 0.1) is 5.60 Å². The third-order valence-corrected chi connectivity index (χ3v) is 3.02. The predicted molar refractivity (Wildman–Crippen MR) is 55.3 cm³/mol. The van der Waals surface area contributed by atoms with E-state index in [2.05, 4.69) is 0 Å². The highest BCUT2D eigenvalue weighted by Gasteiger charge is 2.40. The van der Waals surface area contributed by atoms with Gasteiger partial charge in [-0.3, -0.25) is 0 Å².